The summed E-state index contributed by atoms with van der Waals surface area (Å²) in [6, 6.07) is 18.7. The number of alkyl halides is 1. The molecule has 2 aromatic rings. The van der Waals surface area contributed by atoms with E-state index in [1.807, 2.05) is 60.7 Å². The molecule has 104 valence electrons. The molecule has 0 aliphatic rings. The second kappa shape index (κ2) is 7.56. The zero-order valence-corrected chi connectivity index (χ0v) is 11.7. The largest absolute Gasteiger partial charge is 0.492 e. The maximum Gasteiger partial charge on any atom is 0.242 e. The van der Waals surface area contributed by atoms with Crippen LogP contribution >= 0.6 is 11.6 Å². The molecule has 0 saturated carbocycles. The third kappa shape index (κ3) is 4.28. The van der Waals surface area contributed by atoms with E-state index in [9.17, 15) is 4.79 Å². The van der Waals surface area contributed by atoms with Crippen LogP contribution in [0.2, 0.25) is 0 Å². The Labute approximate surface area is 123 Å². The van der Waals surface area contributed by atoms with Gasteiger partial charge in [-0.25, -0.2) is 0 Å². The van der Waals surface area contributed by atoms with E-state index in [2.05, 4.69) is 5.32 Å². The van der Waals surface area contributed by atoms with Crippen molar-refractivity contribution in [3.05, 3.63) is 66.2 Å². The van der Waals surface area contributed by atoms with Crippen LogP contribution in [0.5, 0.6) is 5.75 Å². The van der Waals surface area contributed by atoms with E-state index >= 15 is 0 Å². The van der Waals surface area contributed by atoms with Gasteiger partial charge in [0.2, 0.25) is 5.91 Å². The molecule has 1 atom stereocenters. The molecular weight excluding hydrogens is 274 g/mol. The number of carbonyl (C=O) groups excluding carboxylic acids is 1. The molecular formula is C16H16ClNO2. The third-order valence-electron chi connectivity index (χ3n) is 2.74. The SMILES string of the molecule is O=C(NCCOc1ccccc1)C(Cl)c1ccccc1. The molecule has 0 radical (unpaired) electrons. The summed E-state index contributed by atoms with van der Waals surface area (Å²) in [6.45, 7) is 0.831. The van der Waals surface area contributed by atoms with Crippen LogP contribution in [0.3, 0.4) is 0 Å². The summed E-state index contributed by atoms with van der Waals surface area (Å²) in [4.78, 5) is 11.9. The predicted octanol–water partition coefficient (Wildman–Crippen LogP) is 3.16. The summed E-state index contributed by atoms with van der Waals surface area (Å²) in [6.07, 6.45) is 0. The Hall–Kier alpha value is -2.00. The minimum atomic E-state index is -0.673. The number of benzene rings is 2. The van der Waals surface area contributed by atoms with Crippen LogP contribution < -0.4 is 10.1 Å². The molecule has 20 heavy (non-hydrogen) atoms. The molecule has 0 bridgehead atoms. The van der Waals surface area contributed by atoms with Crippen LogP contribution in [0.1, 0.15) is 10.9 Å². The fraction of sp³-hybridized carbons (Fsp3) is 0.188. The number of nitrogens with one attached hydrogen (secondary N) is 1. The predicted molar refractivity (Wildman–Crippen MR) is 80.0 cm³/mol. The van der Waals surface area contributed by atoms with Crippen LogP contribution in [0.25, 0.3) is 0 Å². The quantitative estimate of drug-likeness (QED) is 0.655. The molecule has 1 amide bonds. The van der Waals surface area contributed by atoms with Crippen LogP contribution in [0, 0.1) is 0 Å². The lowest BCUT2D eigenvalue weighted by Crippen LogP contribution is -2.30. The van der Waals surface area contributed by atoms with Gasteiger partial charge in [-0.3, -0.25) is 4.79 Å². The Bertz CT molecular complexity index is 531. The Kier molecular flexibility index (Phi) is 5.44. The normalized spacial score (nSPS) is 11.7. The molecule has 0 saturated heterocycles. The lowest BCUT2D eigenvalue weighted by atomic mass is 10.1. The molecule has 1 N–H and O–H groups in total. The maximum absolute atomic E-state index is 11.9. The van der Waals surface area contributed by atoms with Crippen LogP contribution in [-0.2, 0) is 4.79 Å². The van der Waals surface area contributed by atoms with Gasteiger partial charge in [0.25, 0.3) is 0 Å². The molecule has 0 fully saturated rings. The average Bonchev–Trinajstić information content (AvgIpc) is 2.52. The molecule has 2 aromatic carbocycles. The van der Waals surface area contributed by atoms with Gasteiger partial charge in [-0.05, 0) is 17.7 Å². The van der Waals surface area contributed by atoms with E-state index < -0.39 is 5.38 Å². The Morgan fingerprint density at radius 1 is 1.05 bits per heavy atom. The Morgan fingerprint density at radius 3 is 2.30 bits per heavy atom. The van der Waals surface area contributed by atoms with E-state index in [1.165, 1.54) is 0 Å². The highest BCUT2D eigenvalue weighted by molar-refractivity contribution is 6.30. The van der Waals surface area contributed by atoms with E-state index in [1.54, 1.807) is 0 Å². The van der Waals surface area contributed by atoms with Crippen molar-refractivity contribution in [1.29, 1.82) is 0 Å². The number of hydrogen-bond acceptors (Lipinski definition) is 2. The molecule has 0 aromatic heterocycles. The average molecular weight is 290 g/mol. The van der Waals surface area contributed by atoms with Crippen molar-refractivity contribution >= 4 is 17.5 Å². The molecule has 1 unspecified atom stereocenters. The topological polar surface area (TPSA) is 38.3 Å². The summed E-state index contributed by atoms with van der Waals surface area (Å²) < 4.78 is 5.48. The van der Waals surface area contributed by atoms with Gasteiger partial charge in [-0.1, -0.05) is 48.5 Å². The summed E-state index contributed by atoms with van der Waals surface area (Å²) in [5.74, 6) is 0.571. The minimum Gasteiger partial charge on any atom is -0.492 e. The van der Waals surface area contributed by atoms with Crippen molar-refractivity contribution in [2.75, 3.05) is 13.2 Å². The highest BCUT2D eigenvalue weighted by Crippen LogP contribution is 2.19. The molecule has 0 heterocycles. The second-order valence-corrected chi connectivity index (χ2v) is 4.66. The molecule has 3 nitrogen and oxygen atoms in total. The molecule has 2 rings (SSSR count). The van der Waals surface area contributed by atoms with Crippen molar-refractivity contribution in [1.82, 2.24) is 5.32 Å². The highest BCUT2D eigenvalue weighted by atomic mass is 35.5. The number of carbonyl (C=O) groups is 1. The van der Waals surface area contributed by atoms with Crippen LogP contribution in [0.15, 0.2) is 60.7 Å². The molecule has 0 spiro atoms. The van der Waals surface area contributed by atoms with Crippen molar-refractivity contribution in [3.8, 4) is 5.75 Å². The standard InChI is InChI=1S/C16H16ClNO2/c17-15(13-7-3-1-4-8-13)16(19)18-11-12-20-14-9-5-2-6-10-14/h1-10,15H,11-12H2,(H,18,19). The van der Waals surface area contributed by atoms with Gasteiger partial charge in [0.15, 0.2) is 0 Å². The third-order valence-corrected chi connectivity index (χ3v) is 3.19. The van der Waals surface area contributed by atoms with Crippen molar-refractivity contribution in [2.24, 2.45) is 0 Å². The fourth-order valence-corrected chi connectivity index (χ4v) is 1.95. The highest BCUT2D eigenvalue weighted by Gasteiger charge is 2.16. The van der Waals surface area contributed by atoms with E-state index in [-0.39, 0.29) is 5.91 Å². The minimum absolute atomic E-state index is 0.213. The number of amides is 1. The number of para-hydroxylation sites is 1. The first kappa shape index (κ1) is 14.4. The number of ether oxygens (including phenoxy) is 1. The van der Waals surface area contributed by atoms with Gasteiger partial charge < -0.3 is 10.1 Å². The van der Waals surface area contributed by atoms with Crippen LogP contribution in [-0.4, -0.2) is 19.1 Å². The van der Waals surface area contributed by atoms with Crippen molar-refractivity contribution in [3.63, 3.8) is 0 Å². The van der Waals surface area contributed by atoms with Crippen molar-refractivity contribution in [2.45, 2.75) is 5.38 Å². The van der Waals surface area contributed by atoms with Crippen molar-refractivity contribution < 1.29 is 9.53 Å². The number of rotatable bonds is 6. The maximum atomic E-state index is 11.9. The van der Waals surface area contributed by atoms with Gasteiger partial charge in [0, 0.05) is 0 Å². The smallest absolute Gasteiger partial charge is 0.242 e. The first-order chi connectivity index (χ1) is 9.77. The zero-order chi connectivity index (χ0) is 14.2. The van der Waals surface area contributed by atoms with Gasteiger partial charge in [0.1, 0.15) is 17.7 Å². The lowest BCUT2D eigenvalue weighted by molar-refractivity contribution is -0.120. The second-order valence-electron chi connectivity index (χ2n) is 4.23. The Morgan fingerprint density at radius 2 is 1.65 bits per heavy atom. The van der Waals surface area contributed by atoms with Gasteiger partial charge in [-0.15, -0.1) is 11.6 Å². The summed E-state index contributed by atoms with van der Waals surface area (Å²) >= 11 is 6.10. The van der Waals surface area contributed by atoms with E-state index in [0.29, 0.717) is 13.2 Å². The number of hydrogen-bond donors (Lipinski definition) is 1. The summed E-state index contributed by atoms with van der Waals surface area (Å²) in [5, 5.41) is 2.08. The van der Waals surface area contributed by atoms with Gasteiger partial charge >= 0.3 is 0 Å². The first-order valence-corrected chi connectivity index (χ1v) is 6.85. The summed E-state index contributed by atoms with van der Waals surface area (Å²) in [7, 11) is 0. The first-order valence-electron chi connectivity index (χ1n) is 6.42. The molecule has 4 heteroatoms. The van der Waals surface area contributed by atoms with Gasteiger partial charge in [-0.2, -0.15) is 0 Å². The van der Waals surface area contributed by atoms with E-state index in [4.69, 9.17) is 16.3 Å². The number of halogens is 1. The van der Waals surface area contributed by atoms with E-state index in [0.717, 1.165) is 11.3 Å². The van der Waals surface area contributed by atoms with Gasteiger partial charge in [0.05, 0.1) is 6.54 Å². The molecule has 0 aliphatic heterocycles. The summed E-state index contributed by atoms with van der Waals surface area (Å²) in [5.41, 5.74) is 0.788. The molecule has 0 aliphatic carbocycles. The lowest BCUT2D eigenvalue weighted by Gasteiger charge is -2.11. The fourth-order valence-electron chi connectivity index (χ4n) is 1.72. The zero-order valence-electron chi connectivity index (χ0n) is 11.0. The van der Waals surface area contributed by atoms with Crippen LogP contribution in [0.4, 0.5) is 0 Å². The monoisotopic (exact) mass is 289 g/mol. The Balaban J connectivity index is 1.73.